The first-order valence-corrected chi connectivity index (χ1v) is 9.27. The predicted molar refractivity (Wildman–Crippen MR) is 93.0 cm³/mol. The number of nitrogens with one attached hydrogen (secondary N) is 1. The van der Waals surface area contributed by atoms with E-state index in [1.807, 2.05) is 32.9 Å². The van der Waals surface area contributed by atoms with Crippen molar-refractivity contribution in [3.05, 3.63) is 48.0 Å². The zero-order valence-corrected chi connectivity index (χ0v) is 14.3. The van der Waals surface area contributed by atoms with E-state index >= 15 is 0 Å². The number of aromatic nitrogens is 1. The normalized spacial score (nSPS) is 11.3. The van der Waals surface area contributed by atoms with Gasteiger partial charge < -0.3 is 5.32 Å². The maximum absolute atomic E-state index is 13.9. The second kappa shape index (κ2) is 8.74. The van der Waals surface area contributed by atoms with Crippen molar-refractivity contribution in [1.29, 1.82) is 0 Å². The van der Waals surface area contributed by atoms with E-state index in [1.54, 1.807) is 18.5 Å². The van der Waals surface area contributed by atoms with Gasteiger partial charge in [0.05, 0.1) is 17.6 Å². The molecular formula is C17H24FN2P. The molecule has 0 radical (unpaired) electrons. The van der Waals surface area contributed by atoms with Crippen molar-refractivity contribution in [3.8, 4) is 0 Å². The Morgan fingerprint density at radius 3 is 2.52 bits per heavy atom. The molecule has 114 valence electrons. The van der Waals surface area contributed by atoms with Gasteiger partial charge in [-0.3, -0.25) is 4.98 Å². The number of anilines is 2. The highest BCUT2D eigenvalue weighted by Gasteiger charge is 2.10. The molecule has 2 aromatic rings. The molecule has 0 spiro atoms. The highest BCUT2D eigenvalue weighted by Crippen LogP contribution is 2.33. The van der Waals surface area contributed by atoms with E-state index in [-0.39, 0.29) is 13.7 Å². The molecule has 0 fully saturated rings. The Balaban J connectivity index is 0.00000106. The molecule has 1 aromatic carbocycles. The molecule has 2 rings (SSSR count). The summed E-state index contributed by atoms with van der Waals surface area (Å²) in [7, 11) is -0.231. The van der Waals surface area contributed by atoms with Crippen molar-refractivity contribution in [2.45, 2.75) is 27.7 Å². The fourth-order valence-corrected chi connectivity index (χ4v) is 3.04. The van der Waals surface area contributed by atoms with Gasteiger partial charge in [0.2, 0.25) is 0 Å². The van der Waals surface area contributed by atoms with Crippen LogP contribution in [-0.2, 0) is 0 Å². The third kappa shape index (κ3) is 4.78. The van der Waals surface area contributed by atoms with Crippen LogP contribution in [0.3, 0.4) is 0 Å². The van der Waals surface area contributed by atoms with E-state index in [9.17, 15) is 4.39 Å². The zero-order valence-electron chi connectivity index (χ0n) is 13.4. The van der Waals surface area contributed by atoms with Gasteiger partial charge in [0.15, 0.2) is 0 Å². The van der Waals surface area contributed by atoms with Crippen LogP contribution in [0.2, 0.25) is 0 Å². The van der Waals surface area contributed by atoms with Crippen LogP contribution in [0.5, 0.6) is 0 Å². The Kier molecular flexibility index (Phi) is 7.31. The van der Waals surface area contributed by atoms with Crippen molar-refractivity contribution in [1.82, 2.24) is 4.98 Å². The number of rotatable bonds is 4. The average Bonchev–Trinajstić information content (AvgIpc) is 2.52. The molecule has 0 bridgehead atoms. The number of benzene rings is 1. The minimum absolute atomic E-state index is 0.230. The summed E-state index contributed by atoms with van der Waals surface area (Å²) < 4.78 is 13.9. The number of hydrogen-bond donors (Lipinski definition) is 1. The summed E-state index contributed by atoms with van der Waals surface area (Å²) in [5.41, 5.74) is 2.32. The largest absolute Gasteiger partial charge is 0.351 e. The summed E-state index contributed by atoms with van der Waals surface area (Å²) >= 11 is 0. The van der Waals surface area contributed by atoms with Crippen molar-refractivity contribution < 1.29 is 4.39 Å². The summed E-state index contributed by atoms with van der Waals surface area (Å²) in [6, 6.07) is 7.22. The van der Waals surface area contributed by atoms with Crippen molar-refractivity contribution in [2.75, 3.05) is 18.1 Å². The monoisotopic (exact) mass is 306 g/mol. The Labute approximate surface area is 128 Å². The number of hydrogen-bond acceptors (Lipinski definition) is 2. The molecule has 0 saturated carbocycles. The van der Waals surface area contributed by atoms with Crippen molar-refractivity contribution >= 4 is 24.6 Å². The fraction of sp³-hybridized carbons (Fsp3) is 0.353. The van der Waals surface area contributed by atoms with Crippen LogP contribution in [0.25, 0.3) is 0 Å². The summed E-state index contributed by atoms with van der Waals surface area (Å²) in [4.78, 5) is 4.13. The molecule has 1 atom stereocenters. The van der Waals surface area contributed by atoms with Crippen LogP contribution in [0.4, 0.5) is 15.8 Å². The summed E-state index contributed by atoms with van der Waals surface area (Å²) in [5, 5.41) is 4.39. The Bertz CT molecular complexity index is 572. The summed E-state index contributed by atoms with van der Waals surface area (Å²) in [5.74, 6) is -0.230. The Morgan fingerprint density at radius 2 is 1.90 bits per heavy atom. The third-order valence-corrected chi connectivity index (χ3v) is 5.24. The molecule has 21 heavy (non-hydrogen) atoms. The van der Waals surface area contributed by atoms with Crippen molar-refractivity contribution in [3.63, 3.8) is 0 Å². The van der Waals surface area contributed by atoms with Crippen LogP contribution in [0.1, 0.15) is 26.3 Å². The smallest absolute Gasteiger partial charge is 0.146 e. The van der Waals surface area contributed by atoms with Gasteiger partial charge in [-0.25, -0.2) is 4.39 Å². The lowest BCUT2D eigenvalue weighted by atomic mass is 10.2. The highest BCUT2D eigenvalue weighted by molar-refractivity contribution is 7.65. The average molecular weight is 306 g/mol. The topological polar surface area (TPSA) is 24.9 Å². The van der Waals surface area contributed by atoms with Gasteiger partial charge in [-0.1, -0.05) is 34.8 Å². The van der Waals surface area contributed by atoms with E-state index in [4.69, 9.17) is 0 Å². The van der Waals surface area contributed by atoms with Gasteiger partial charge in [-0.2, -0.15) is 0 Å². The lowest BCUT2D eigenvalue weighted by Gasteiger charge is -2.16. The quantitative estimate of drug-likeness (QED) is 0.799. The number of pyridine rings is 1. The van der Waals surface area contributed by atoms with Gasteiger partial charge >= 0.3 is 0 Å². The molecule has 0 amide bonds. The molecule has 0 aliphatic heterocycles. The van der Waals surface area contributed by atoms with E-state index in [0.717, 1.165) is 17.4 Å². The van der Waals surface area contributed by atoms with E-state index in [0.29, 0.717) is 5.69 Å². The van der Waals surface area contributed by atoms with Crippen molar-refractivity contribution in [2.24, 2.45) is 0 Å². The molecule has 4 heteroatoms. The maximum atomic E-state index is 13.9. The molecule has 1 heterocycles. The maximum Gasteiger partial charge on any atom is 0.146 e. The number of aryl methyl sites for hydroxylation is 1. The van der Waals surface area contributed by atoms with Crippen LogP contribution < -0.4 is 10.6 Å². The second-order valence-electron chi connectivity index (χ2n) is 4.52. The van der Waals surface area contributed by atoms with Crippen LogP contribution >= 0.6 is 7.92 Å². The highest BCUT2D eigenvalue weighted by atomic mass is 31.1. The van der Waals surface area contributed by atoms with Crippen LogP contribution in [0, 0.1) is 12.7 Å². The van der Waals surface area contributed by atoms with Gasteiger partial charge in [0, 0.05) is 11.5 Å². The van der Waals surface area contributed by atoms with E-state index < -0.39 is 0 Å². The SMILES string of the molecule is CC.CCP(C)c1ccncc1Nc1ccc(C)cc1F. The minimum Gasteiger partial charge on any atom is -0.351 e. The zero-order chi connectivity index (χ0) is 15.8. The lowest BCUT2D eigenvalue weighted by Crippen LogP contribution is -2.09. The van der Waals surface area contributed by atoms with Gasteiger partial charge in [-0.15, -0.1) is 0 Å². The second-order valence-corrected chi connectivity index (χ2v) is 7.03. The molecule has 2 nitrogen and oxygen atoms in total. The molecule has 0 saturated heterocycles. The molecule has 1 unspecified atom stereocenters. The number of halogens is 1. The first kappa shape index (κ1) is 17.6. The fourth-order valence-electron chi connectivity index (χ4n) is 1.85. The third-order valence-electron chi connectivity index (χ3n) is 3.08. The first-order chi connectivity index (χ1) is 10.1. The molecule has 0 aliphatic carbocycles. The Morgan fingerprint density at radius 1 is 1.19 bits per heavy atom. The summed E-state index contributed by atoms with van der Waals surface area (Å²) in [6.07, 6.45) is 4.66. The molecule has 0 aliphatic rings. The predicted octanol–water partition coefficient (Wildman–Crippen LogP) is 5.06. The number of nitrogens with zero attached hydrogens (tertiary/aromatic N) is 1. The summed E-state index contributed by atoms with van der Waals surface area (Å²) in [6.45, 7) is 10.3. The lowest BCUT2D eigenvalue weighted by molar-refractivity contribution is 0.631. The molecule has 1 N–H and O–H groups in total. The van der Waals surface area contributed by atoms with Crippen LogP contribution in [-0.4, -0.2) is 17.8 Å². The molecule has 1 aromatic heterocycles. The Hall–Kier alpha value is -1.47. The van der Waals surface area contributed by atoms with Gasteiger partial charge in [0.25, 0.3) is 0 Å². The standard InChI is InChI=1S/C15H18FN2P.C2H6/c1-4-19(3)15-7-8-17-10-14(15)18-13-6-5-11(2)9-12(13)16;1-2/h5-10,18H,4H2,1-3H3;1-2H3. The first-order valence-electron chi connectivity index (χ1n) is 7.30. The minimum atomic E-state index is -0.231. The van der Waals surface area contributed by atoms with Gasteiger partial charge in [-0.05, 0) is 43.5 Å². The van der Waals surface area contributed by atoms with Crippen LogP contribution in [0.15, 0.2) is 36.7 Å². The van der Waals surface area contributed by atoms with E-state index in [1.165, 1.54) is 11.4 Å². The van der Waals surface area contributed by atoms with Gasteiger partial charge in [0.1, 0.15) is 5.82 Å². The molecular weight excluding hydrogens is 282 g/mol. The van der Waals surface area contributed by atoms with E-state index in [2.05, 4.69) is 23.9 Å².